The highest BCUT2D eigenvalue weighted by Crippen LogP contribution is 1.89. The van der Waals surface area contributed by atoms with Crippen LogP contribution in [0, 0.1) is 0 Å². The van der Waals surface area contributed by atoms with E-state index >= 15 is 0 Å². The molecule has 0 radical (unpaired) electrons. The van der Waals surface area contributed by atoms with Gasteiger partial charge in [0.15, 0.2) is 0 Å². The van der Waals surface area contributed by atoms with Gasteiger partial charge in [-0.3, -0.25) is 0 Å². The maximum atomic E-state index is 7.95. The van der Waals surface area contributed by atoms with Crippen LogP contribution in [0.25, 0.3) is 0 Å². The number of hydrogen-bond acceptors (Lipinski definition) is 4. The van der Waals surface area contributed by atoms with E-state index in [2.05, 4.69) is 47.5 Å². The van der Waals surface area contributed by atoms with Gasteiger partial charge in [0.05, 0.1) is 6.42 Å². The van der Waals surface area contributed by atoms with E-state index in [1.807, 2.05) is 0 Å². The van der Waals surface area contributed by atoms with Gasteiger partial charge in [-0.15, -0.1) is 0 Å². The number of halogens is 2. The van der Waals surface area contributed by atoms with E-state index < -0.39 is 0 Å². The van der Waals surface area contributed by atoms with E-state index in [9.17, 15) is 0 Å². The highest BCUT2D eigenvalue weighted by Gasteiger charge is 1.95. The number of hydrogen-bond donors (Lipinski definition) is 4. The van der Waals surface area contributed by atoms with Gasteiger partial charge < -0.3 is 21.9 Å². The van der Waals surface area contributed by atoms with Gasteiger partial charge in [0.25, 0.3) is 0 Å². The lowest BCUT2D eigenvalue weighted by Crippen LogP contribution is -2.22. The monoisotopic (exact) mass is 386 g/mol. The lowest BCUT2D eigenvalue weighted by Gasteiger charge is -1.92. The Kier molecular flexibility index (Phi) is 12.3. The largest absolute Gasteiger partial charge is 0.409 e. The Balaban J connectivity index is 0. The van der Waals surface area contributed by atoms with Crippen molar-refractivity contribution in [2.45, 2.75) is 6.42 Å². The molecule has 0 atom stereocenters. The van der Waals surface area contributed by atoms with E-state index in [4.69, 9.17) is 21.9 Å². The molecule has 0 spiro atoms. The van der Waals surface area contributed by atoms with Crippen LogP contribution in [0.4, 0.5) is 0 Å². The molecule has 6 nitrogen and oxygen atoms in total. The minimum atomic E-state index is -0.0923. The first-order chi connectivity index (χ1) is 5.20. The van der Waals surface area contributed by atoms with Crippen molar-refractivity contribution >= 4 is 48.9 Å². The molecule has 6 N–H and O–H groups in total. The predicted octanol–water partition coefficient (Wildman–Crippen LogP) is 0.641. The number of nitrogens with zero attached hydrogens (tertiary/aromatic N) is 2. The summed E-state index contributed by atoms with van der Waals surface area (Å²) in [5, 5.41) is 21.1. The lowest BCUT2D eigenvalue weighted by atomic mass is 10.4. The first-order valence-corrected chi connectivity index (χ1v) is 8.56. The summed E-state index contributed by atoms with van der Waals surface area (Å²) in [6.45, 7) is 0. The maximum Gasteiger partial charge on any atom is 0.146 e. The molecular weight excluding hydrogens is 378 g/mol. The van der Waals surface area contributed by atoms with Crippen LogP contribution in [0.15, 0.2) is 10.3 Å². The molecule has 0 rings (SSSR count). The second kappa shape index (κ2) is 10.0. The fourth-order valence-electron chi connectivity index (χ4n) is 0.256. The molecule has 8 heteroatoms. The molecule has 0 aromatic rings. The summed E-state index contributed by atoms with van der Waals surface area (Å²) in [7, 11) is 0. The minimum Gasteiger partial charge on any atom is -0.409 e. The molecule has 66 valence electrons. The smallest absolute Gasteiger partial charge is 0.146 e. The van der Waals surface area contributed by atoms with Crippen LogP contribution < -0.4 is 11.5 Å². The second-order valence-electron chi connectivity index (χ2n) is 1.36. The maximum absolute atomic E-state index is 7.95. The number of rotatable bonds is 2. The third kappa shape index (κ3) is 10.0. The molecule has 0 aromatic carbocycles. The average Bonchev–Trinajstić information content (AvgIpc) is 2.07. The zero-order valence-corrected chi connectivity index (χ0v) is 9.72. The lowest BCUT2D eigenvalue weighted by molar-refractivity contribution is 0.314. The molecule has 0 aliphatic rings. The normalized spacial score (nSPS) is 11.8. The third-order valence-corrected chi connectivity index (χ3v) is 0.619. The van der Waals surface area contributed by atoms with Crippen molar-refractivity contribution in [1.29, 1.82) is 0 Å². The van der Waals surface area contributed by atoms with Crippen molar-refractivity contribution in [3.8, 4) is 0 Å². The summed E-state index contributed by atoms with van der Waals surface area (Å²) in [5.41, 5.74) is 9.96. The van der Waals surface area contributed by atoms with Crippen molar-refractivity contribution < 1.29 is 10.4 Å². The third-order valence-electron chi connectivity index (χ3n) is 0.619. The summed E-state index contributed by atoms with van der Waals surface area (Å²) in [6.07, 6.45) is -0.0347. The molecular formula is C3H8I2N4O2. The molecule has 0 bridgehead atoms. The molecule has 0 fully saturated rings. The van der Waals surface area contributed by atoms with Crippen molar-refractivity contribution in [2.24, 2.45) is 21.8 Å². The van der Waals surface area contributed by atoms with Crippen molar-refractivity contribution in [3.63, 3.8) is 0 Å². The Bertz CT molecular complexity index is 132. The van der Waals surface area contributed by atoms with Crippen molar-refractivity contribution in [2.75, 3.05) is 0 Å². The van der Waals surface area contributed by atoms with Crippen LogP contribution in [0.3, 0.4) is 0 Å². The summed E-state index contributed by atoms with van der Waals surface area (Å²) in [4.78, 5) is 0. The van der Waals surface area contributed by atoms with Gasteiger partial charge in [0.2, 0.25) is 0 Å². The van der Waals surface area contributed by atoms with E-state index in [1.54, 1.807) is 0 Å². The van der Waals surface area contributed by atoms with Gasteiger partial charge in [0, 0.05) is 37.2 Å². The Morgan fingerprint density at radius 2 is 1.36 bits per heavy atom. The van der Waals surface area contributed by atoms with Crippen LogP contribution in [-0.4, -0.2) is 22.1 Å². The molecule has 0 saturated heterocycles. The van der Waals surface area contributed by atoms with Crippen LogP contribution in [0.2, 0.25) is 0 Å². The number of amidine groups is 2. The van der Waals surface area contributed by atoms with Gasteiger partial charge >= 0.3 is 0 Å². The van der Waals surface area contributed by atoms with E-state index in [0.29, 0.717) is 0 Å². The van der Waals surface area contributed by atoms with Gasteiger partial charge in [-0.25, -0.2) is 0 Å². The van der Waals surface area contributed by atoms with Crippen molar-refractivity contribution in [1.82, 2.24) is 0 Å². The highest BCUT2D eigenvalue weighted by atomic mass is 128. The van der Waals surface area contributed by atoms with E-state index in [-0.39, 0.29) is 18.1 Å². The number of oxime groups is 2. The molecule has 0 aliphatic carbocycles. The Labute approximate surface area is 87.0 Å². The highest BCUT2D eigenvalue weighted by molar-refractivity contribution is 15.0. The van der Waals surface area contributed by atoms with Gasteiger partial charge in [-0.2, -0.15) is 0 Å². The molecule has 0 unspecified atom stereocenters. The first kappa shape index (κ1) is 13.6. The topological polar surface area (TPSA) is 117 Å². The molecule has 0 saturated carbocycles. The minimum absolute atomic E-state index is 0.0347. The fourth-order valence-corrected chi connectivity index (χ4v) is 0.256. The predicted molar refractivity (Wildman–Crippen MR) is 59.5 cm³/mol. The molecule has 0 amide bonds. The van der Waals surface area contributed by atoms with Crippen LogP contribution in [-0.2, 0) is 0 Å². The summed E-state index contributed by atoms with van der Waals surface area (Å²) in [6, 6.07) is 0. The Morgan fingerprint density at radius 1 is 1.09 bits per heavy atom. The van der Waals surface area contributed by atoms with Crippen LogP contribution in [0.5, 0.6) is 0 Å². The molecule has 0 aromatic heterocycles. The zero-order valence-electron chi connectivity index (χ0n) is 5.41. The van der Waals surface area contributed by atoms with Gasteiger partial charge in [0.1, 0.15) is 11.7 Å². The first-order valence-electron chi connectivity index (χ1n) is 2.27. The van der Waals surface area contributed by atoms with Crippen molar-refractivity contribution in [3.05, 3.63) is 0 Å². The molecule has 11 heavy (non-hydrogen) atoms. The van der Waals surface area contributed by atoms with E-state index in [0.717, 1.165) is 0 Å². The fraction of sp³-hybridized carbons (Fsp3) is 0.333. The molecule has 0 aliphatic heterocycles. The number of nitrogens with two attached hydrogens (primary N) is 2. The van der Waals surface area contributed by atoms with Crippen LogP contribution >= 0.6 is 37.2 Å². The quantitative estimate of drug-likeness (QED) is 0.183. The van der Waals surface area contributed by atoms with Gasteiger partial charge in [-0.1, -0.05) is 10.3 Å². The van der Waals surface area contributed by atoms with Crippen LogP contribution in [0.1, 0.15) is 6.42 Å². The van der Waals surface area contributed by atoms with E-state index in [1.165, 1.54) is 0 Å². The SMILES string of the molecule is II.N/C(C/C(N)=N/O)=N\O. The zero-order chi connectivity index (χ0) is 9.28. The summed E-state index contributed by atoms with van der Waals surface area (Å²) in [5.74, 6) is -0.185. The van der Waals surface area contributed by atoms with Gasteiger partial charge in [-0.05, 0) is 0 Å². The Hall–Kier alpha value is -0.000000000000000167. The molecule has 0 heterocycles. The average molecular weight is 386 g/mol. The Morgan fingerprint density at radius 3 is 1.55 bits per heavy atom. The summed E-state index contributed by atoms with van der Waals surface area (Å²) >= 11 is 4.24. The standard InChI is InChI=1S/C3H8N4O2.I2/c4-2(6-8)1-3(5)7-9;1-2/h8-9H,1H2,(H2,4,6)(H2,5,7);. The summed E-state index contributed by atoms with van der Waals surface area (Å²) < 4.78 is 0. The second-order valence-corrected chi connectivity index (χ2v) is 1.36.